The van der Waals surface area contributed by atoms with E-state index in [0.717, 1.165) is 16.9 Å². The summed E-state index contributed by atoms with van der Waals surface area (Å²) >= 11 is 0. The number of aromatic nitrogens is 2. The fourth-order valence-electron chi connectivity index (χ4n) is 1.64. The van der Waals surface area contributed by atoms with Crippen LogP contribution in [0, 0.1) is 0 Å². The number of para-hydroxylation sites is 2. The van der Waals surface area contributed by atoms with Gasteiger partial charge in [-0.1, -0.05) is 12.1 Å². The van der Waals surface area contributed by atoms with E-state index in [2.05, 4.69) is 22.2 Å². The average Bonchev–Trinajstić information content (AvgIpc) is 2.96. The first-order valence-electron chi connectivity index (χ1n) is 5.25. The number of hydrogen-bond donors (Lipinski definition) is 1. The minimum absolute atomic E-state index is 0.261. The van der Waals surface area contributed by atoms with E-state index in [4.69, 9.17) is 0 Å². The predicted molar refractivity (Wildman–Crippen MR) is 60.8 cm³/mol. The van der Waals surface area contributed by atoms with Crippen LogP contribution in [0.25, 0.3) is 11.0 Å². The van der Waals surface area contributed by atoms with Crippen LogP contribution >= 0.6 is 0 Å². The third-order valence-electron chi connectivity index (χ3n) is 2.88. The van der Waals surface area contributed by atoms with Crippen LogP contribution < -0.4 is 5.32 Å². The van der Waals surface area contributed by atoms with Crippen LogP contribution in [0.2, 0.25) is 0 Å². The van der Waals surface area contributed by atoms with Crippen LogP contribution in [-0.4, -0.2) is 15.5 Å². The fraction of sp³-hybridized carbons (Fsp3) is 0.333. The molecule has 1 aliphatic rings. The van der Waals surface area contributed by atoms with E-state index >= 15 is 0 Å². The molecule has 1 heterocycles. The summed E-state index contributed by atoms with van der Waals surface area (Å²) < 4.78 is 0. The molecule has 0 unspecified atom stereocenters. The summed E-state index contributed by atoms with van der Waals surface area (Å²) in [5, 5.41) is 3.41. The van der Waals surface area contributed by atoms with Crippen molar-refractivity contribution in [2.75, 3.05) is 5.32 Å². The van der Waals surface area contributed by atoms with E-state index in [0.29, 0.717) is 0 Å². The van der Waals surface area contributed by atoms with E-state index < -0.39 is 0 Å². The fourth-order valence-corrected chi connectivity index (χ4v) is 1.64. The van der Waals surface area contributed by atoms with Crippen LogP contribution in [0.5, 0.6) is 0 Å². The van der Waals surface area contributed by atoms with E-state index in [1.165, 1.54) is 12.8 Å². The Bertz CT molecular complexity index is 503. The normalized spacial score (nSPS) is 17.7. The molecule has 1 aromatic carbocycles. The molecule has 0 aliphatic heterocycles. The second-order valence-corrected chi connectivity index (χ2v) is 4.43. The van der Waals surface area contributed by atoms with Gasteiger partial charge in [0, 0.05) is 5.54 Å². The smallest absolute Gasteiger partial charge is 0.145 e. The van der Waals surface area contributed by atoms with Crippen molar-refractivity contribution in [2.24, 2.45) is 0 Å². The summed E-state index contributed by atoms with van der Waals surface area (Å²) in [6.45, 7) is 2.21. The Hall–Kier alpha value is -1.64. The van der Waals surface area contributed by atoms with Crippen LogP contribution in [-0.2, 0) is 0 Å². The Morgan fingerprint density at radius 3 is 2.67 bits per heavy atom. The highest BCUT2D eigenvalue weighted by Crippen LogP contribution is 2.37. The van der Waals surface area contributed by atoms with Gasteiger partial charge in [0.2, 0.25) is 0 Å². The van der Waals surface area contributed by atoms with Gasteiger partial charge >= 0.3 is 0 Å². The highest BCUT2D eigenvalue weighted by Gasteiger charge is 2.37. The Kier molecular flexibility index (Phi) is 1.69. The zero-order valence-electron chi connectivity index (χ0n) is 8.70. The molecular weight excluding hydrogens is 186 g/mol. The number of anilines is 1. The van der Waals surface area contributed by atoms with Crippen molar-refractivity contribution >= 4 is 16.9 Å². The number of fused-ring (bicyclic) bond motifs is 1. The molecule has 0 radical (unpaired) electrons. The lowest BCUT2D eigenvalue weighted by molar-refractivity contribution is 0.821. The molecule has 15 heavy (non-hydrogen) atoms. The zero-order chi connectivity index (χ0) is 10.3. The monoisotopic (exact) mass is 199 g/mol. The van der Waals surface area contributed by atoms with Crippen molar-refractivity contribution in [3.05, 3.63) is 30.5 Å². The maximum atomic E-state index is 4.53. The maximum Gasteiger partial charge on any atom is 0.145 e. The summed E-state index contributed by atoms with van der Waals surface area (Å²) in [5.74, 6) is 0.883. The Balaban J connectivity index is 1.99. The number of benzene rings is 1. The van der Waals surface area contributed by atoms with Crippen molar-refractivity contribution in [2.45, 2.75) is 25.3 Å². The molecule has 0 saturated heterocycles. The van der Waals surface area contributed by atoms with Gasteiger partial charge in [0.25, 0.3) is 0 Å². The summed E-state index contributed by atoms with van der Waals surface area (Å²) in [4.78, 5) is 8.90. The van der Waals surface area contributed by atoms with Gasteiger partial charge in [-0.2, -0.15) is 0 Å². The van der Waals surface area contributed by atoms with Gasteiger partial charge in [-0.15, -0.1) is 0 Å². The second kappa shape index (κ2) is 2.92. The topological polar surface area (TPSA) is 37.8 Å². The van der Waals surface area contributed by atoms with E-state index in [9.17, 15) is 0 Å². The molecule has 0 atom stereocenters. The predicted octanol–water partition coefficient (Wildman–Crippen LogP) is 2.59. The summed E-state index contributed by atoms with van der Waals surface area (Å²) in [6, 6.07) is 7.93. The quantitative estimate of drug-likeness (QED) is 0.807. The highest BCUT2D eigenvalue weighted by atomic mass is 15.1. The molecule has 76 valence electrons. The van der Waals surface area contributed by atoms with E-state index in [1.807, 2.05) is 30.5 Å². The largest absolute Gasteiger partial charge is 0.364 e. The molecular formula is C12H13N3. The van der Waals surface area contributed by atoms with Gasteiger partial charge < -0.3 is 5.32 Å². The molecule has 3 nitrogen and oxygen atoms in total. The van der Waals surface area contributed by atoms with Crippen molar-refractivity contribution in [1.29, 1.82) is 0 Å². The van der Waals surface area contributed by atoms with Crippen molar-refractivity contribution in [3.8, 4) is 0 Å². The first-order chi connectivity index (χ1) is 7.25. The molecule has 1 saturated carbocycles. The van der Waals surface area contributed by atoms with Gasteiger partial charge in [-0.05, 0) is 31.9 Å². The van der Waals surface area contributed by atoms with Crippen molar-refractivity contribution < 1.29 is 0 Å². The standard InChI is InChI=1S/C12H13N3/c1-12(6-7-12)15-11-8-13-9-4-2-3-5-10(9)14-11/h2-5,8H,6-7H2,1H3,(H,14,15). The van der Waals surface area contributed by atoms with Crippen molar-refractivity contribution in [3.63, 3.8) is 0 Å². The lowest BCUT2D eigenvalue weighted by Gasteiger charge is -2.11. The van der Waals surface area contributed by atoms with Gasteiger partial charge in [0.15, 0.2) is 0 Å². The molecule has 1 fully saturated rings. The average molecular weight is 199 g/mol. The van der Waals surface area contributed by atoms with Gasteiger partial charge in [0.05, 0.1) is 17.2 Å². The minimum atomic E-state index is 0.261. The van der Waals surface area contributed by atoms with Crippen LogP contribution in [0.1, 0.15) is 19.8 Å². The first-order valence-corrected chi connectivity index (χ1v) is 5.25. The van der Waals surface area contributed by atoms with Crippen molar-refractivity contribution in [1.82, 2.24) is 9.97 Å². The molecule has 3 rings (SSSR count). The van der Waals surface area contributed by atoms with Gasteiger partial charge in [-0.3, -0.25) is 4.98 Å². The van der Waals surface area contributed by atoms with E-state index in [1.54, 1.807) is 0 Å². The Morgan fingerprint density at radius 2 is 1.93 bits per heavy atom. The first kappa shape index (κ1) is 8.65. The van der Waals surface area contributed by atoms with Crippen LogP contribution in [0.3, 0.4) is 0 Å². The molecule has 1 aliphatic carbocycles. The number of hydrogen-bond acceptors (Lipinski definition) is 3. The second-order valence-electron chi connectivity index (χ2n) is 4.43. The molecule has 1 aromatic heterocycles. The number of nitrogens with zero attached hydrogens (tertiary/aromatic N) is 2. The minimum Gasteiger partial charge on any atom is -0.364 e. The molecule has 0 amide bonds. The van der Waals surface area contributed by atoms with Gasteiger partial charge in [0.1, 0.15) is 5.82 Å². The summed E-state index contributed by atoms with van der Waals surface area (Å²) in [7, 11) is 0. The molecule has 0 spiro atoms. The SMILES string of the molecule is CC1(Nc2cnc3ccccc3n2)CC1. The van der Waals surface area contributed by atoms with Crippen LogP contribution in [0.4, 0.5) is 5.82 Å². The summed E-state index contributed by atoms with van der Waals surface area (Å²) in [6.07, 6.45) is 4.26. The third-order valence-corrected chi connectivity index (χ3v) is 2.88. The molecule has 2 aromatic rings. The van der Waals surface area contributed by atoms with Crippen LogP contribution in [0.15, 0.2) is 30.5 Å². The van der Waals surface area contributed by atoms with Gasteiger partial charge in [-0.25, -0.2) is 4.98 Å². The molecule has 1 N–H and O–H groups in total. The molecule has 0 bridgehead atoms. The maximum absolute atomic E-state index is 4.53. The molecule has 3 heteroatoms. The highest BCUT2D eigenvalue weighted by molar-refractivity contribution is 5.75. The Morgan fingerprint density at radius 1 is 1.20 bits per heavy atom. The number of rotatable bonds is 2. The zero-order valence-corrected chi connectivity index (χ0v) is 8.70. The summed E-state index contributed by atoms with van der Waals surface area (Å²) in [5.41, 5.74) is 2.16. The number of nitrogens with one attached hydrogen (secondary N) is 1. The lowest BCUT2D eigenvalue weighted by Crippen LogP contribution is -2.16. The van der Waals surface area contributed by atoms with E-state index in [-0.39, 0.29) is 5.54 Å². The lowest BCUT2D eigenvalue weighted by atomic mass is 10.3. The Labute approximate surface area is 88.6 Å². The third kappa shape index (κ3) is 1.65.